The molecule has 0 atom stereocenters. The van der Waals surface area contributed by atoms with Crippen LogP contribution in [0.1, 0.15) is 33.3 Å². The molecule has 0 unspecified atom stereocenters. The number of hydrogen-bond donors (Lipinski definition) is 0. The summed E-state index contributed by atoms with van der Waals surface area (Å²) >= 11 is 3.43. The van der Waals surface area contributed by atoms with Gasteiger partial charge in [-0.15, -0.1) is 0 Å². The average molecular weight is 399 g/mol. The topological polar surface area (TPSA) is 35.5 Å². The monoisotopic (exact) mass is 398 g/mol. The van der Waals surface area contributed by atoms with Gasteiger partial charge in [0, 0.05) is 4.47 Å². The van der Waals surface area contributed by atoms with Gasteiger partial charge in [-0.2, -0.15) is 0 Å². The van der Waals surface area contributed by atoms with Crippen molar-refractivity contribution in [1.29, 1.82) is 0 Å². The second-order valence-electron chi connectivity index (χ2n) is 5.47. The van der Waals surface area contributed by atoms with Crippen LogP contribution in [0, 0.1) is 0 Å². The Bertz CT molecular complexity index is 513. The first-order valence-corrected chi connectivity index (χ1v) is 11.6. The Labute approximate surface area is 149 Å². The van der Waals surface area contributed by atoms with Gasteiger partial charge in [-0.1, -0.05) is 48.8 Å². The fourth-order valence-electron chi connectivity index (χ4n) is 2.40. The predicted molar refractivity (Wildman–Crippen MR) is 101 cm³/mol. The smallest absolute Gasteiger partial charge is 0.371 e. The fraction of sp³-hybridized carbons (Fsp3) is 0.500. The van der Waals surface area contributed by atoms with E-state index in [4.69, 9.17) is 9.16 Å². The molecule has 128 valence electrons. The maximum absolute atomic E-state index is 12.2. The summed E-state index contributed by atoms with van der Waals surface area (Å²) < 4.78 is 12.5. The molecule has 0 fully saturated rings. The zero-order valence-electron chi connectivity index (χ0n) is 14.5. The van der Waals surface area contributed by atoms with Gasteiger partial charge in [0.05, 0.1) is 6.61 Å². The molecule has 0 aromatic heterocycles. The van der Waals surface area contributed by atoms with E-state index in [0.29, 0.717) is 18.8 Å². The van der Waals surface area contributed by atoms with Crippen molar-refractivity contribution in [2.75, 3.05) is 6.61 Å². The fourth-order valence-corrected chi connectivity index (χ4v) is 5.23. The van der Waals surface area contributed by atoms with Crippen LogP contribution < -0.4 is 0 Å². The summed E-state index contributed by atoms with van der Waals surface area (Å²) in [5.41, 5.74) is 1.13. The first-order chi connectivity index (χ1) is 11.0. The van der Waals surface area contributed by atoms with Gasteiger partial charge in [0.2, 0.25) is 0 Å². The molecule has 23 heavy (non-hydrogen) atoms. The number of carbonyl (C=O) groups excluding carboxylic acids is 1. The van der Waals surface area contributed by atoms with Gasteiger partial charge in [0.15, 0.2) is 5.76 Å². The van der Waals surface area contributed by atoms with E-state index in [1.165, 1.54) is 0 Å². The molecule has 0 radical (unpaired) electrons. The van der Waals surface area contributed by atoms with Crippen molar-refractivity contribution < 1.29 is 14.0 Å². The lowest BCUT2D eigenvalue weighted by atomic mass is 10.1. The Balaban J connectivity index is 2.97. The second kappa shape index (κ2) is 9.93. The van der Waals surface area contributed by atoms with E-state index in [9.17, 15) is 4.79 Å². The molecule has 0 amide bonds. The minimum atomic E-state index is -1.90. The van der Waals surface area contributed by atoms with Crippen molar-refractivity contribution in [2.24, 2.45) is 0 Å². The highest BCUT2D eigenvalue weighted by atomic mass is 79.9. The maximum atomic E-state index is 12.2. The first-order valence-electron chi connectivity index (χ1n) is 8.31. The third-order valence-electron chi connectivity index (χ3n) is 4.17. The molecule has 0 spiro atoms. The Kier molecular flexibility index (Phi) is 8.62. The number of halogens is 1. The van der Waals surface area contributed by atoms with E-state index in [-0.39, 0.29) is 5.97 Å². The van der Waals surface area contributed by atoms with Crippen LogP contribution in [0.2, 0.25) is 18.1 Å². The number of carbonyl (C=O) groups is 1. The van der Waals surface area contributed by atoms with E-state index in [1.807, 2.05) is 37.3 Å². The van der Waals surface area contributed by atoms with Gasteiger partial charge in [0.25, 0.3) is 8.32 Å². The van der Waals surface area contributed by atoms with Crippen molar-refractivity contribution in [2.45, 2.75) is 52.2 Å². The molecule has 0 saturated carbocycles. The molecule has 1 rings (SSSR count). The molecule has 0 N–H and O–H groups in total. The van der Waals surface area contributed by atoms with E-state index in [0.717, 1.165) is 28.2 Å². The second-order valence-corrected chi connectivity index (χ2v) is 11.1. The molecule has 0 heterocycles. The molecule has 1 aromatic carbocycles. The van der Waals surface area contributed by atoms with Gasteiger partial charge < -0.3 is 9.16 Å². The van der Waals surface area contributed by atoms with Crippen LogP contribution in [-0.4, -0.2) is 20.9 Å². The van der Waals surface area contributed by atoms with Gasteiger partial charge in [-0.05, 0) is 55.2 Å². The molecule has 0 saturated heterocycles. The van der Waals surface area contributed by atoms with Crippen molar-refractivity contribution in [3.63, 3.8) is 0 Å². The highest BCUT2D eigenvalue weighted by Gasteiger charge is 2.33. The number of rotatable bonds is 9. The molecule has 1 aromatic rings. The van der Waals surface area contributed by atoms with Gasteiger partial charge >= 0.3 is 5.97 Å². The van der Waals surface area contributed by atoms with Crippen molar-refractivity contribution >= 4 is 30.2 Å². The average Bonchev–Trinajstić information content (AvgIpc) is 2.57. The number of benzene rings is 1. The van der Waals surface area contributed by atoms with Crippen LogP contribution in [0.5, 0.6) is 0 Å². The number of hydrogen-bond acceptors (Lipinski definition) is 3. The first kappa shape index (κ1) is 20.0. The number of allylic oxidation sites excluding steroid dienone is 1. The Morgan fingerprint density at radius 1 is 1.09 bits per heavy atom. The molecule has 5 heteroatoms. The molecular formula is C18H27BrO3Si. The standard InChI is InChI=1S/C18H27BrO3Si/c1-5-21-18(20)17(22-23(6-2,7-3)8-4)14-11-15-9-12-16(19)13-10-15/h9-10,12-14H,5-8,11H2,1-4H3/b17-14-. The van der Waals surface area contributed by atoms with Crippen LogP contribution in [0.4, 0.5) is 0 Å². The third kappa shape index (κ3) is 6.15. The predicted octanol–water partition coefficient (Wildman–Crippen LogP) is 5.46. The Morgan fingerprint density at radius 3 is 2.13 bits per heavy atom. The zero-order valence-corrected chi connectivity index (χ0v) is 17.1. The van der Waals surface area contributed by atoms with E-state index < -0.39 is 8.32 Å². The highest BCUT2D eigenvalue weighted by molar-refractivity contribution is 9.10. The highest BCUT2D eigenvalue weighted by Crippen LogP contribution is 2.25. The van der Waals surface area contributed by atoms with Gasteiger partial charge in [0.1, 0.15) is 0 Å². The number of ether oxygens (including phenoxy) is 1. The Hall–Kier alpha value is -1.07. The minimum Gasteiger partial charge on any atom is -0.539 e. The molecule has 0 aliphatic heterocycles. The molecular weight excluding hydrogens is 372 g/mol. The summed E-state index contributed by atoms with van der Waals surface area (Å²) in [7, 11) is -1.90. The van der Waals surface area contributed by atoms with Crippen LogP contribution in [0.3, 0.4) is 0 Å². The molecule has 0 aliphatic rings. The van der Waals surface area contributed by atoms with Crippen LogP contribution in [0.15, 0.2) is 40.6 Å². The summed E-state index contributed by atoms with van der Waals surface area (Å²) in [6, 6.07) is 11.1. The lowest BCUT2D eigenvalue weighted by Gasteiger charge is -2.29. The number of esters is 1. The van der Waals surface area contributed by atoms with Gasteiger partial charge in [-0.3, -0.25) is 0 Å². The normalized spacial score (nSPS) is 12.1. The quantitative estimate of drug-likeness (QED) is 0.239. The van der Waals surface area contributed by atoms with Crippen molar-refractivity contribution in [3.8, 4) is 0 Å². The lowest BCUT2D eigenvalue weighted by molar-refractivity contribution is -0.141. The minimum absolute atomic E-state index is 0.350. The van der Waals surface area contributed by atoms with E-state index in [2.05, 4.69) is 36.7 Å². The lowest BCUT2D eigenvalue weighted by Crippen LogP contribution is -2.37. The molecule has 0 bridgehead atoms. The van der Waals surface area contributed by atoms with E-state index in [1.54, 1.807) is 0 Å². The SMILES string of the molecule is CCOC(=O)/C(=C/Cc1ccc(Br)cc1)O[Si](CC)(CC)CC. The summed E-state index contributed by atoms with van der Waals surface area (Å²) in [6.45, 7) is 8.62. The molecule has 3 nitrogen and oxygen atoms in total. The van der Waals surface area contributed by atoms with Crippen LogP contribution in [0.25, 0.3) is 0 Å². The van der Waals surface area contributed by atoms with E-state index >= 15 is 0 Å². The van der Waals surface area contributed by atoms with Gasteiger partial charge in [-0.25, -0.2) is 4.79 Å². The molecule has 0 aliphatic carbocycles. The summed E-state index contributed by atoms with van der Waals surface area (Å²) in [6.07, 6.45) is 2.52. The largest absolute Gasteiger partial charge is 0.539 e. The summed E-state index contributed by atoms with van der Waals surface area (Å²) in [5.74, 6) is 0.0313. The summed E-state index contributed by atoms with van der Waals surface area (Å²) in [5, 5.41) is 0. The third-order valence-corrected chi connectivity index (χ3v) is 9.22. The Morgan fingerprint density at radius 2 is 1.65 bits per heavy atom. The van der Waals surface area contributed by atoms with Crippen LogP contribution >= 0.6 is 15.9 Å². The van der Waals surface area contributed by atoms with Crippen molar-refractivity contribution in [1.82, 2.24) is 0 Å². The maximum Gasteiger partial charge on any atom is 0.371 e. The zero-order chi connectivity index (χ0) is 17.3. The van der Waals surface area contributed by atoms with Crippen molar-refractivity contribution in [3.05, 3.63) is 46.1 Å². The van der Waals surface area contributed by atoms with Crippen LogP contribution in [-0.2, 0) is 20.4 Å². The summed E-state index contributed by atoms with van der Waals surface area (Å²) in [4.78, 5) is 12.2.